The number of thiazole rings is 1. The number of halogens is 1. The third kappa shape index (κ3) is 5.96. The molecule has 3 heterocycles. The van der Waals surface area contributed by atoms with Crippen molar-refractivity contribution in [1.29, 1.82) is 0 Å². The van der Waals surface area contributed by atoms with E-state index in [0.29, 0.717) is 5.92 Å². The number of nitrogens with zero attached hydrogens (tertiary/aromatic N) is 4. The Morgan fingerprint density at radius 3 is 2.96 bits per heavy atom. The fourth-order valence-electron chi connectivity index (χ4n) is 3.35. The first-order valence-corrected chi connectivity index (χ1v) is 9.83. The summed E-state index contributed by atoms with van der Waals surface area (Å²) in [5.41, 5.74) is 1.18. The van der Waals surface area contributed by atoms with Crippen LogP contribution in [0.5, 0.6) is 0 Å². The Bertz CT molecular complexity index is 541. The number of hydrogen-bond donors (Lipinski definition) is 1. The van der Waals surface area contributed by atoms with Gasteiger partial charge in [0.2, 0.25) is 0 Å². The summed E-state index contributed by atoms with van der Waals surface area (Å²) in [5, 5.41) is 6.83. The topological polar surface area (TPSA) is 53.0 Å². The second-order valence-corrected chi connectivity index (χ2v) is 7.49. The summed E-state index contributed by atoms with van der Waals surface area (Å²) in [5.74, 6) is 1.58. The summed E-state index contributed by atoms with van der Waals surface area (Å²) in [6.07, 6.45) is 4.68. The maximum atomic E-state index is 5.46. The van der Waals surface area contributed by atoms with E-state index in [4.69, 9.17) is 9.72 Å². The summed E-state index contributed by atoms with van der Waals surface area (Å²) >= 11 is 1.77. The molecule has 0 aliphatic carbocycles. The summed E-state index contributed by atoms with van der Waals surface area (Å²) in [4.78, 5) is 13.8. The van der Waals surface area contributed by atoms with E-state index in [-0.39, 0.29) is 24.0 Å². The number of aliphatic imine (C=N–C) groups is 1. The molecule has 8 heteroatoms. The van der Waals surface area contributed by atoms with Crippen LogP contribution in [0.3, 0.4) is 0 Å². The van der Waals surface area contributed by atoms with Crippen LogP contribution in [-0.2, 0) is 11.2 Å². The Morgan fingerprint density at radius 2 is 2.28 bits per heavy atom. The Morgan fingerprint density at radius 1 is 1.48 bits per heavy atom. The Hall–Kier alpha value is -0.610. The minimum absolute atomic E-state index is 0. The van der Waals surface area contributed by atoms with Gasteiger partial charge in [-0.2, -0.15) is 0 Å². The van der Waals surface area contributed by atoms with Gasteiger partial charge in [0.1, 0.15) is 0 Å². The predicted molar refractivity (Wildman–Crippen MR) is 116 cm³/mol. The lowest BCUT2D eigenvalue weighted by Gasteiger charge is -2.24. The van der Waals surface area contributed by atoms with E-state index in [9.17, 15) is 0 Å². The molecule has 25 heavy (non-hydrogen) atoms. The van der Waals surface area contributed by atoms with Crippen molar-refractivity contribution in [2.75, 3.05) is 58.4 Å². The molecule has 2 saturated heterocycles. The van der Waals surface area contributed by atoms with Crippen molar-refractivity contribution in [2.45, 2.75) is 25.7 Å². The van der Waals surface area contributed by atoms with Gasteiger partial charge in [-0.05, 0) is 19.3 Å². The molecule has 0 aromatic carbocycles. The lowest BCUT2D eigenvalue weighted by atomic mass is 10.1. The van der Waals surface area contributed by atoms with Crippen LogP contribution in [-0.4, -0.2) is 69.3 Å². The molecule has 0 bridgehead atoms. The van der Waals surface area contributed by atoms with E-state index in [0.717, 1.165) is 58.2 Å². The standard InChI is InChI=1S/C17H29N5OS.HI/c1-18-16(21(2)11-14-6-10-23-12-14)19-7-5-15-13-24-17(20-15)22-8-3-4-9-22;/h13-14H,3-12H2,1-2H3,(H,18,19);1H. The van der Waals surface area contributed by atoms with E-state index >= 15 is 0 Å². The first kappa shape index (κ1) is 20.7. The number of hydrogen-bond acceptors (Lipinski definition) is 5. The molecule has 2 fully saturated rings. The maximum absolute atomic E-state index is 5.46. The number of guanidine groups is 1. The molecule has 1 aromatic rings. The molecule has 1 atom stereocenters. The molecule has 3 rings (SSSR count). The van der Waals surface area contributed by atoms with Crippen molar-refractivity contribution in [1.82, 2.24) is 15.2 Å². The van der Waals surface area contributed by atoms with E-state index in [1.54, 1.807) is 11.3 Å². The van der Waals surface area contributed by atoms with Gasteiger partial charge < -0.3 is 19.9 Å². The van der Waals surface area contributed by atoms with Crippen LogP contribution in [0.1, 0.15) is 25.0 Å². The SMILES string of the molecule is CN=C(NCCc1csc(N2CCCC2)n1)N(C)CC1CCOC1.I. The molecule has 1 unspecified atom stereocenters. The van der Waals surface area contributed by atoms with Gasteiger partial charge in [-0.25, -0.2) is 4.98 Å². The first-order chi connectivity index (χ1) is 11.8. The quantitative estimate of drug-likeness (QED) is 0.386. The zero-order valence-corrected chi connectivity index (χ0v) is 18.4. The van der Waals surface area contributed by atoms with Crippen LogP contribution >= 0.6 is 35.3 Å². The highest BCUT2D eigenvalue weighted by Crippen LogP contribution is 2.24. The van der Waals surface area contributed by atoms with Crippen molar-refractivity contribution in [3.05, 3.63) is 11.1 Å². The molecule has 2 aliphatic rings. The third-order valence-electron chi connectivity index (χ3n) is 4.71. The van der Waals surface area contributed by atoms with Crippen LogP contribution in [0.4, 0.5) is 5.13 Å². The summed E-state index contributed by atoms with van der Waals surface area (Å²) < 4.78 is 5.46. The van der Waals surface area contributed by atoms with Crippen molar-refractivity contribution in [2.24, 2.45) is 10.9 Å². The zero-order chi connectivity index (χ0) is 16.8. The molecular weight excluding hydrogens is 449 g/mol. The van der Waals surface area contributed by atoms with Crippen LogP contribution in [0, 0.1) is 5.92 Å². The van der Waals surface area contributed by atoms with Crippen molar-refractivity contribution in [3.8, 4) is 0 Å². The van der Waals surface area contributed by atoms with Crippen LogP contribution < -0.4 is 10.2 Å². The van der Waals surface area contributed by atoms with E-state index < -0.39 is 0 Å². The van der Waals surface area contributed by atoms with Crippen molar-refractivity contribution >= 4 is 46.4 Å². The molecular formula is C17H30IN5OS. The molecule has 0 spiro atoms. The van der Waals surface area contributed by atoms with Crippen LogP contribution in [0.25, 0.3) is 0 Å². The summed E-state index contributed by atoms with van der Waals surface area (Å²) in [6, 6.07) is 0. The van der Waals surface area contributed by atoms with E-state index in [1.165, 1.54) is 23.7 Å². The Labute approximate surface area is 172 Å². The van der Waals surface area contributed by atoms with Crippen LogP contribution in [0.2, 0.25) is 0 Å². The predicted octanol–water partition coefficient (Wildman–Crippen LogP) is 2.45. The van der Waals surface area contributed by atoms with Gasteiger partial charge in [0, 0.05) is 64.6 Å². The van der Waals surface area contributed by atoms with Crippen molar-refractivity contribution < 1.29 is 4.74 Å². The normalized spacial score (nSPS) is 20.6. The third-order valence-corrected chi connectivity index (χ3v) is 5.66. The van der Waals surface area contributed by atoms with E-state index in [2.05, 4.69) is 32.5 Å². The largest absolute Gasteiger partial charge is 0.381 e. The number of rotatable bonds is 6. The second kappa shape index (κ2) is 10.5. The molecule has 0 saturated carbocycles. The molecule has 1 aromatic heterocycles. The van der Waals surface area contributed by atoms with E-state index in [1.807, 2.05) is 7.05 Å². The monoisotopic (exact) mass is 479 g/mol. The van der Waals surface area contributed by atoms with Gasteiger partial charge in [0.25, 0.3) is 0 Å². The lowest BCUT2D eigenvalue weighted by molar-refractivity contribution is 0.181. The molecule has 2 aliphatic heterocycles. The molecule has 0 radical (unpaired) electrons. The molecule has 6 nitrogen and oxygen atoms in total. The highest BCUT2D eigenvalue weighted by atomic mass is 127. The molecule has 1 N–H and O–H groups in total. The minimum Gasteiger partial charge on any atom is -0.381 e. The first-order valence-electron chi connectivity index (χ1n) is 8.95. The average molecular weight is 479 g/mol. The average Bonchev–Trinajstić information content (AvgIpc) is 3.32. The maximum Gasteiger partial charge on any atom is 0.193 e. The fourth-order valence-corrected chi connectivity index (χ4v) is 4.27. The number of nitrogens with one attached hydrogen (secondary N) is 1. The highest BCUT2D eigenvalue weighted by Gasteiger charge is 2.19. The van der Waals surface area contributed by atoms with Gasteiger partial charge in [0.15, 0.2) is 11.1 Å². The number of anilines is 1. The Balaban J connectivity index is 0.00000225. The Kier molecular flexibility index (Phi) is 8.71. The number of ether oxygens (including phenoxy) is 1. The summed E-state index contributed by atoms with van der Waals surface area (Å²) in [6.45, 7) is 5.95. The minimum atomic E-state index is 0. The molecule has 142 valence electrons. The van der Waals surface area contributed by atoms with Gasteiger partial charge in [-0.3, -0.25) is 4.99 Å². The van der Waals surface area contributed by atoms with Gasteiger partial charge >= 0.3 is 0 Å². The van der Waals surface area contributed by atoms with Gasteiger partial charge in [-0.1, -0.05) is 0 Å². The zero-order valence-electron chi connectivity index (χ0n) is 15.2. The second-order valence-electron chi connectivity index (χ2n) is 6.65. The lowest BCUT2D eigenvalue weighted by Crippen LogP contribution is -2.42. The molecule has 0 amide bonds. The smallest absolute Gasteiger partial charge is 0.193 e. The van der Waals surface area contributed by atoms with Crippen LogP contribution in [0.15, 0.2) is 10.4 Å². The van der Waals surface area contributed by atoms with Gasteiger partial charge in [-0.15, -0.1) is 35.3 Å². The number of aromatic nitrogens is 1. The van der Waals surface area contributed by atoms with Crippen molar-refractivity contribution in [3.63, 3.8) is 0 Å². The van der Waals surface area contributed by atoms with Gasteiger partial charge in [0.05, 0.1) is 12.3 Å². The highest BCUT2D eigenvalue weighted by molar-refractivity contribution is 14.0. The fraction of sp³-hybridized carbons (Fsp3) is 0.765. The summed E-state index contributed by atoms with van der Waals surface area (Å²) in [7, 11) is 3.94.